The van der Waals surface area contributed by atoms with Gasteiger partial charge in [0, 0.05) is 18.0 Å². The molecule has 3 aromatic carbocycles. The second-order valence-corrected chi connectivity index (χ2v) is 9.32. The van der Waals surface area contributed by atoms with E-state index in [2.05, 4.69) is 91.1 Å². The molecule has 2 atom stereocenters. The van der Waals surface area contributed by atoms with Gasteiger partial charge in [-0.2, -0.15) is 0 Å². The third-order valence-corrected chi connectivity index (χ3v) is 6.55. The molecule has 0 heterocycles. The van der Waals surface area contributed by atoms with Crippen LogP contribution in [0.1, 0.15) is 36.5 Å². The highest BCUT2D eigenvalue weighted by Crippen LogP contribution is 2.43. The molecule has 1 aliphatic carbocycles. The van der Waals surface area contributed by atoms with Crippen molar-refractivity contribution in [3.05, 3.63) is 108 Å². The van der Waals surface area contributed by atoms with Crippen LogP contribution >= 0.6 is 0 Å². The Morgan fingerprint density at radius 2 is 1.16 bits per heavy atom. The first-order valence-electron chi connectivity index (χ1n) is 11.7. The quantitative estimate of drug-likeness (QED) is 0.406. The standard InChI is InChI=1S/C29H35NO2/c1-24-17-29(22-31-20-26-13-7-3-8-14-26,23-32-21-27-15-9-4-10-16-27)18-28(24)30-19-25-11-5-2-6-12-25/h2-16,24,28,30H,17-23H2,1H3/t24-,28-/m0/s1. The van der Waals surface area contributed by atoms with Crippen molar-refractivity contribution in [2.45, 2.75) is 45.6 Å². The van der Waals surface area contributed by atoms with Gasteiger partial charge in [-0.3, -0.25) is 0 Å². The fourth-order valence-electron chi connectivity index (χ4n) is 4.89. The topological polar surface area (TPSA) is 30.5 Å². The average molecular weight is 430 g/mol. The first-order valence-corrected chi connectivity index (χ1v) is 11.7. The number of ether oxygens (including phenoxy) is 2. The van der Waals surface area contributed by atoms with Crippen molar-refractivity contribution in [3.63, 3.8) is 0 Å². The zero-order valence-corrected chi connectivity index (χ0v) is 19.1. The van der Waals surface area contributed by atoms with Gasteiger partial charge >= 0.3 is 0 Å². The molecule has 3 heteroatoms. The van der Waals surface area contributed by atoms with Crippen molar-refractivity contribution in [1.29, 1.82) is 0 Å². The Morgan fingerprint density at radius 3 is 1.66 bits per heavy atom. The summed E-state index contributed by atoms with van der Waals surface area (Å²) in [5, 5.41) is 3.81. The minimum atomic E-state index is 0.0390. The lowest BCUT2D eigenvalue weighted by Crippen LogP contribution is -2.34. The molecule has 0 aromatic heterocycles. The molecular formula is C29H35NO2. The van der Waals surface area contributed by atoms with Crippen molar-refractivity contribution < 1.29 is 9.47 Å². The summed E-state index contributed by atoms with van der Waals surface area (Å²) in [5.74, 6) is 0.583. The molecular weight excluding hydrogens is 394 g/mol. The van der Waals surface area contributed by atoms with Crippen LogP contribution in [-0.2, 0) is 29.2 Å². The van der Waals surface area contributed by atoms with Crippen molar-refractivity contribution in [2.75, 3.05) is 13.2 Å². The second kappa shape index (κ2) is 11.4. The lowest BCUT2D eigenvalue weighted by Gasteiger charge is -2.29. The molecule has 0 saturated heterocycles. The van der Waals surface area contributed by atoms with Crippen molar-refractivity contribution in [1.82, 2.24) is 5.32 Å². The van der Waals surface area contributed by atoms with Crippen LogP contribution in [0.2, 0.25) is 0 Å². The van der Waals surface area contributed by atoms with E-state index in [-0.39, 0.29) is 5.41 Å². The Labute approximate surface area is 192 Å². The summed E-state index contributed by atoms with van der Waals surface area (Å²) in [6, 6.07) is 32.0. The summed E-state index contributed by atoms with van der Waals surface area (Å²) in [6.45, 7) is 6.02. The van der Waals surface area contributed by atoms with Crippen molar-refractivity contribution in [3.8, 4) is 0 Å². The molecule has 0 amide bonds. The van der Waals surface area contributed by atoms with Gasteiger partial charge in [0.1, 0.15) is 0 Å². The molecule has 0 aliphatic heterocycles. The highest BCUT2D eigenvalue weighted by molar-refractivity contribution is 5.16. The highest BCUT2D eigenvalue weighted by Gasteiger charge is 2.43. The largest absolute Gasteiger partial charge is 0.376 e. The molecule has 1 fully saturated rings. The monoisotopic (exact) mass is 429 g/mol. The van der Waals surface area contributed by atoms with Crippen LogP contribution in [0, 0.1) is 11.3 Å². The predicted molar refractivity (Wildman–Crippen MR) is 130 cm³/mol. The van der Waals surface area contributed by atoms with E-state index in [9.17, 15) is 0 Å². The Bertz CT molecular complexity index is 868. The van der Waals surface area contributed by atoms with Crippen LogP contribution in [0.5, 0.6) is 0 Å². The third kappa shape index (κ3) is 6.52. The van der Waals surface area contributed by atoms with Crippen LogP contribution in [-0.4, -0.2) is 19.3 Å². The number of benzene rings is 3. The van der Waals surface area contributed by atoms with Gasteiger partial charge in [0.25, 0.3) is 0 Å². The van der Waals surface area contributed by atoms with E-state index in [0.717, 1.165) is 32.6 Å². The molecule has 0 unspecified atom stereocenters. The molecule has 168 valence electrons. The van der Waals surface area contributed by atoms with Crippen LogP contribution in [0.15, 0.2) is 91.0 Å². The van der Waals surface area contributed by atoms with E-state index in [1.165, 1.54) is 16.7 Å². The van der Waals surface area contributed by atoms with Crippen LogP contribution < -0.4 is 5.32 Å². The van der Waals surface area contributed by atoms with E-state index in [1.807, 2.05) is 12.1 Å². The number of hydrogen-bond donors (Lipinski definition) is 1. The van der Waals surface area contributed by atoms with Gasteiger partial charge in [0.2, 0.25) is 0 Å². The maximum atomic E-state index is 6.26. The molecule has 4 rings (SSSR count). The summed E-state index contributed by atoms with van der Waals surface area (Å²) in [6.07, 6.45) is 2.19. The summed E-state index contributed by atoms with van der Waals surface area (Å²) in [5.41, 5.74) is 3.81. The van der Waals surface area contributed by atoms with Gasteiger partial charge in [-0.1, -0.05) is 97.9 Å². The lowest BCUT2D eigenvalue weighted by atomic mass is 9.87. The minimum Gasteiger partial charge on any atom is -0.376 e. The first-order chi connectivity index (χ1) is 15.7. The smallest absolute Gasteiger partial charge is 0.0717 e. The van der Waals surface area contributed by atoms with Gasteiger partial charge in [-0.05, 0) is 35.4 Å². The Kier molecular flexibility index (Phi) is 8.11. The zero-order valence-electron chi connectivity index (χ0n) is 19.1. The Morgan fingerprint density at radius 1 is 0.688 bits per heavy atom. The first kappa shape index (κ1) is 22.7. The third-order valence-electron chi connectivity index (χ3n) is 6.55. The molecule has 3 aromatic rings. The predicted octanol–water partition coefficient (Wildman–Crippen LogP) is 5.99. The maximum Gasteiger partial charge on any atom is 0.0717 e. The molecule has 0 bridgehead atoms. The normalized spacial score (nSPS) is 19.8. The zero-order chi connectivity index (χ0) is 22.1. The summed E-state index contributed by atoms with van der Waals surface area (Å²) < 4.78 is 12.5. The van der Waals surface area contributed by atoms with E-state index >= 15 is 0 Å². The van der Waals surface area contributed by atoms with E-state index in [0.29, 0.717) is 25.2 Å². The van der Waals surface area contributed by atoms with Gasteiger partial charge < -0.3 is 14.8 Å². The SMILES string of the molecule is C[C@H]1CC(COCc2ccccc2)(COCc2ccccc2)C[C@@H]1NCc1ccccc1. The Hall–Kier alpha value is -2.46. The van der Waals surface area contributed by atoms with Crippen LogP contribution in [0.3, 0.4) is 0 Å². The number of nitrogens with one attached hydrogen (secondary N) is 1. The van der Waals surface area contributed by atoms with Gasteiger partial charge in [0.15, 0.2) is 0 Å². The van der Waals surface area contributed by atoms with E-state index < -0.39 is 0 Å². The summed E-state index contributed by atoms with van der Waals surface area (Å²) >= 11 is 0. The molecule has 3 nitrogen and oxygen atoms in total. The molecule has 32 heavy (non-hydrogen) atoms. The lowest BCUT2D eigenvalue weighted by molar-refractivity contribution is -0.0321. The summed E-state index contributed by atoms with van der Waals surface area (Å²) in [4.78, 5) is 0. The fourth-order valence-corrected chi connectivity index (χ4v) is 4.89. The Balaban J connectivity index is 1.36. The molecule has 0 radical (unpaired) electrons. The average Bonchev–Trinajstić information content (AvgIpc) is 3.15. The summed E-state index contributed by atoms with van der Waals surface area (Å²) in [7, 11) is 0. The van der Waals surface area contributed by atoms with Crippen LogP contribution in [0.25, 0.3) is 0 Å². The van der Waals surface area contributed by atoms with Crippen molar-refractivity contribution in [2.24, 2.45) is 11.3 Å². The molecule has 0 spiro atoms. The van der Waals surface area contributed by atoms with Gasteiger partial charge in [0.05, 0.1) is 26.4 Å². The number of hydrogen-bond acceptors (Lipinski definition) is 3. The van der Waals surface area contributed by atoms with E-state index in [1.54, 1.807) is 0 Å². The van der Waals surface area contributed by atoms with Crippen molar-refractivity contribution >= 4 is 0 Å². The van der Waals surface area contributed by atoms with Gasteiger partial charge in [-0.15, -0.1) is 0 Å². The molecule has 1 saturated carbocycles. The molecule has 1 N–H and O–H groups in total. The molecule has 1 aliphatic rings. The minimum absolute atomic E-state index is 0.0390. The fraction of sp³-hybridized carbons (Fsp3) is 0.379. The van der Waals surface area contributed by atoms with Crippen LogP contribution in [0.4, 0.5) is 0 Å². The highest BCUT2D eigenvalue weighted by atomic mass is 16.5. The van der Waals surface area contributed by atoms with Gasteiger partial charge in [-0.25, -0.2) is 0 Å². The number of rotatable bonds is 11. The van der Waals surface area contributed by atoms with E-state index in [4.69, 9.17) is 9.47 Å². The maximum absolute atomic E-state index is 6.26. The second-order valence-electron chi connectivity index (χ2n) is 9.32.